The van der Waals surface area contributed by atoms with Gasteiger partial charge in [-0.15, -0.1) is 0 Å². The SMILES string of the molecule is O=C1N(Cc2cccnc2)CC12CCN(Cc1cccnc1)CC2. The lowest BCUT2D eigenvalue weighted by Gasteiger charge is -2.52. The van der Waals surface area contributed by atoms with E-state index < -0.39 is 0 Å². The number of piperidine rings is 1. The third kappa shape index (κ3) is 2.91. The third-order valence-electron chi connectivity index (χ3n) is 5.27. The molecule has 24 heavy (non-hydrogen) atoms. The molecule has 124 valence electrons. The summed E-state index contributed by atoms with van der Waals surface area (Å²) in [6, 6.07) is 8.04. The number of likely N-dealkylation sites (tertiary alicyclic amines) is 2. The fourth-order valence-electron chi connectivity index (χ4n) is 3.85. The molecule has 0 N–H and O–H groups in total. The lowest BCUT2D eigenvalue weighted by molar-refractivity contribution is -0.166. The van der Waals surface area contributed by atoms with Crippen molar-refractivity contribution in [3.8, 4) is 0 Å². The van der Waals surface area contributed by atoms with E-state index in [-0.39, 0.29) is 5.41 Å². The van der Waals surface area contributed by atoms with E-state index in [1.807, 2.05) is 35.5 Å². The molecule has 4 rings (SSSR count). The lowest BCUT2D eigenvalue weighted by atomic mass is 9.71. The zero-order chi connectivity index (χ0) is 16.4. The molecule has 0 radical (unpaired) electrons. The quantitative estimate of drug-likeness (QED) is 0.809. The summed E-state index contributed by atoms with van der Waals surface area (Å²) in [6.07, 6.45) is 9.27. The van der Waals surface area contributed by atoms with Crippen molar-refractivity contribution >= 4 is 5.91 Å². The molecule has 0 unspecified atom stereocenters. The number of carbonyl (C=O) groups excluding carboxylic acids is 1. The second-order valence-electron chi connectivity index (χ2n) is 6.94. The molecule has 2 aromatic heterocycles. The van der Waals surface area contributed by atoms with Gasteiger partial charge in [0.05, 0.1) is 5.41 Å². The molecule has 0 atom stereocenters. The lowest BCUT2D eigenvalue weighted by Crippen LogP contribution is -2.64. The zero-order valence-electron chi connectivity index (χ0n) is 13.8. The van der Waals surface area contributed by atoms with E-state index in [0.29, 0.717) is 12.5 Å². The molecule has 2 fully saturated rings. The Balaban J connectivity index is 1.31. The second-order valence-corrected chi connectivity index (χ2v) is 6.94. The van der Waals surface area contributed by atoms with Crippen LogP contribution in [0.1, 0.15) is 24.0 Å². The smallest absolute Gasteiger partial charge is 0.231 e. The molecule has 2 aromatic rings. The van der Waals surface area contributed by atoms with Gasteiger partial charge in [-0.05, 0) is 49.2 Å². The predicted octanol–water partition coefficient (Wildman–Crippen LogP) is 2.10. The first-order valence-corrected chi connectivity index (χ1v) is 8.55. The van der Waals surface area contributed by atoms with Crippen LogP contribution in [0.2, 0.25) is 0 Å². The van der Waals surface area contributed by atoms with Gasteiger partial charge in [-0.2, -0.15) is 0 Å². The van der Waals surface area contributed by atoms with Gasteiger partial charge in [0.15, 0.2) is 0 Å². The van der Waals surface area contributed by atoms with Crippen molar-refractivity contribution in [3.63, 3.8) is 0 Å². The number of amides is 1. The molecule has 0 saturated carbocycles. The van der Waals surface area contributed by atoms with Crippen LogP contribution < -0.4 is 0 Å². The molecule has 0 aromatic carbocycles. The highest BCUT2D eigenvalue weighted by Gasteiger charge is 2.52. The Kier molecular flexibility index (Phi) is 4.02. The summed E-state index contributed by atoms with van der Waals surface area (Å²) in [6.45, 7) is 4.48. The highest BCUT2D eigenvalue weighted by atomic mass is 16.2. The molecule has 1 amide bonds. The summed E-state index contributed by atoms with van der Waals surface area (Å²) in [4.78, 5) is 25.4. The van der Waals surface area contributed by atoms with Crippen LogP contribution in [0.5, 0.6) is 0 Å². The minimum Gasteiger partial charge on any atom is -0.337 e. The fourth-order valence-corrected chi connectivity index (χ4v) is 3.85. The van der Waals surface area contributed by atoms with Gasteiger partial charge in [0.1, 0.15) is 0 Å². The number of β-lactam (4-membered cyclic amide) rings is 1. The van der Waals surface area contributed by atoms with Crippen LogP contribution in [0.3, 0.4) is 0 Å². The molecule has 5 nitrogen and oxygen atoms in total. The molecule has 0 bridgehead atoms. The Bertz CT molecular complexity index is 696. The van der Waals surface area contributed by atoms with Gasteiger partial charge in [-0.3, -0.25) is 19.7 Å². The van der Waals surface area contributed by atoms with E-state index in [9.17, 15) is 4.79 Å². The van der Waals surface area contributed by atoms with Crippen LogP contribution in [0.15, 0.2) is 49.1 Å². The van der Waals surface area contributed by atoms with Crippen LogP contribution in [-0.4, -0.2) is 45.3 Å². The van der Waals surface area contributed by atoms with Crippen molar-refractivity contribution in [2.24, 2.45) is 5.41 Å². The molecule has 2 aliphatic heterocycles. The molecule has 5 heteroatoms. The fraction of sp³-hybridized carbons (Fsp3) is 0.421. The number of carbonyl (C=O) groups is 1. The first-order chi connectivity index (χ1) is 11.8. The number of hydrogen-bond acceptors (Lipinski definition) is 4. The van der Waals surface area contributed by atoms with Crippen LogP contribution in [-0.2, 0) is 17.9 Å². The molecule has 2 aliphatic rings. The summed E-state index contributed by atoms with van der Waals surface area (Å²) in [5, 5.41) is 0. The van der Waals surface area contributed by atoms with Crippen molar-refractivity contribution in [3.05, 3.63) is 60.2 Å². The van der Waals surface area contributed by atoms with Crippen LogP contribution in [0, 0.1) is 5.41 Å². The first kappa shape index (κ1) is 15.3. The van der Waals surface area contributed by atoms with Crippen molar-refractivity contribution < 1.29 is 4.79 Å². The minimum absolute atomic E-state index is 0.104. The van der Waals surface area contributed by atoms with Gasteiger partial charge in [-0.25, -0.2) is 0 Å². The Morgan fingerprint density at radius 3 is 2.12 bits per heavy atom. The Morgan fingerprint density at radius 1 is 0.958 bits per heavy atom. The van der Waals surface area contributed by atoms with Crippen molar-refractivity contribution in [1.82, 2.24) is 19.8 Å². The van der Waals surface area contributed by atoms with Gasteiger partial charge in [0.25, 0.3) is 0 Å². The summed E-state index contributed by atoms with van der Waals surface area (Å²) < 4.78 is 0. The Morgan fingerprint density at radius 2 is 1.58 bits per heavy atom. The van der Waals surface area contributed by atoms with Gasteiger partial charge in [0.2, 0.25) is 5.91 Å². The maximum Gasteiger partial charge on any atom is 0.231 e. The average molecular weight is 322 g/mol. The maximum absolute atomic E-state index is 12.7. The van der Waals surface area contributed by atoms with Gasteiger partial charge < -0.3 is 4.90 Å². The Hall–Kier alpha value is -2.27. The standard InChI is InChI=1S/C19H22N4O/c24-18-19(15-23(18)14-17-4-2-8-21-12-17)5-9-22(10-6-19)13-16-3-1-7-20-11-16/h1-4,7-8,11-12H,5-6,9-10,13-15H2. The highest BCUT2D eigenvalue weighted by Crippen LogP contribution is 2.42. The van der Waals surface area contributed by atoms with E-state index >= 15 is 0 Å². The van der Waals surface area contributed by atoms with Gasteiger partial charge >= 0.3 is 0 Å². The maximum atomic E-state index is 12.7. The van der Waals surface area contributed by atoms with Crippen molar-refractivity contribution in [1.29, 1.82) is 0 Å². The molecular formula is C19H22N4O. The number of pyridine rings is 2. The monoisotopic (exact) mass is 322 g/mol. The normalized spacial score (nSPS) is 20.2. The summed E-state index contributed by atoms with van der Waals surface area (Å²) in [5.41, 5.74) is 2.24. The number of aromatic nitrogens is 2. The topological polar surface area (TPSA) is 49.3 Å². The summed E-state index contributed by atoms with van der Waals surface area (Å²) in [5.74, 6) is 0.326. The molecular weight excluding hydrogens is 300 g/mol. The zero-order valence-corrected chi connectivity index (χ0v) is 13.8. The average Bonchev–Trinajstić information content (AvgIpc) is 2.64. The third-order valence-corrected chi connectivity index (χ3v) is 5.27. The van der Waals surface area contributed by atoms with Gasteiger partial charge in [-0.1, -0.05) is 12.1 Å². The largest absolute Gasteiger partial charge is 0.337 e. The second kappa shape index (κ2) is 6.32. The van der Waals surface area contributed by atoms with Crippen LogP contribution >= 0.6 is 0 Å². The van der Waals surface area contributed by atoms with Crippen LogP contribution in [0.25, 0.3) is 0 Å². The van der Waals surface area contributed by atoms with Crippen molar-refractivity contribution in [2.45, 2.75) is 25.9 Å². The molecule has 4 heterocycles. The summed E-state index contributed by atoms with van der Waals surface area (Å²) >= 11 is 0. The molecule has 0 aliphatic carbocycles. The van der Waals surface area contributed by atoms with E-state index in [1.54, 1.807) is 12.4 Å². The van der Waals surface area contributed by atoms with E-state index in [0.717, 1.165) is 44.6 Å². The first-order valence-electron chi connectivity index (χ1n) is 8.55. The summed E-state index contributed by atoms with van der Waals surface area (Å²) in [7, 11) is 0. The minimum atomic E-state index is -0.104. The van der Waals surface area contributed by atoms with Crippen molar-refractivity contribution in [2.75, 3.05) is 19.6 Å². The van der Waals surface area contributed by atoms with Gasteiger partial charge in [0, 0.05) is 44.4 Å². The predicted molar refractivity (Wildman–Crippen MR) is 90.8 cm³/mol. The number of nitrogens with zero attached hydrogens (tertiary/aromatic N) is 4. The van der Waals surface area contributed by atoms with E-state index in [1.165, 1.54) is 5.56 Å². The Labute approximate surface area is 142 Å². The molecule has 1 spiro atoms. The molecule has 2 saturated heterocycles. The van der Waals surface area contributed by atoms with E-state index in [4.69, 9.17) is 0 Å². The number of rotatable bonds is 4. The van der Waals surface area contributed by atoms with Crippen LogP contribution in [0.4, 0.5) is 0 Å². The van der Waals surface area contributed by atoms with E-state index in [2.05, 4.69) is 20.9 Å². The number of hydrogen-bond donors (Lipinski definition) is 0. The highest BCUT2D eigenvalue weighted by molar-refractivity contribution is 5.88.